The normalized spacial score (nSPS) is 16.1. The molecule has 0 bridgehead atoms. The van der Waals surface area contributed by atoms with Gasteiger partial charge in [0.05, 0.1) is 24.5 Å². The van der Waals surface area contributed by atoms with E-state index in [2.05, 4.69) is 33.4 Å². The Bertz CT molecular complexity index is 1290. The van der Waals surface area contributed by atoms with Gasteiger partial charge in [-0.15, -0.1) is 0 Å². The quantitative estimate of drug-likeness (QED) is 0.410. The van der Waals surface area contributed by atoms with Gasteiger partial charge < -0.3 is 14.4 Å². The van der Waals surface area contributed by atoms with E-state index in [9.17, 15) is 4.79 Å². The highest BCUT2D eigenvalue weighted by molar-refractivity contribution is 5.95. The summed E-state index contributed by atoms with van der Waals surface area (Å²) in [6.07, 6.45) is 7.76. The van der Waals surface area contributed by atoms with E-state index in [0.717, 1.165) is 50.0 Å². The van der Waals surface area contributed by atoms with Crippen molar-refractivity contribution in [2.45, 2.75) is 32.3 Å². The average Bonchev–Trinajstić information content (AvgIpc) is 3.27. The highest BCUT2D eigenvalue weighted by Gasteiger charge is 2.23. The van der Waals surface area contributed by atoms with Gasteiger partial charge >= 0.3 is 0 Å². The van der Waals surface area contributed by atoms with Gasteiger partial charge in [-0.25, -0.2) is 0 Å². The smallest absolute Gasteiger partial charge is 0.253 e. The van der Waals surface area contributed by atoms with Crippen LogP contribution in [0.2, 0.25) is 0 Å². The summed E-state index contributed by atoms with van der Waals surface area (Å²) in [6.45, 7) is 1.86. The van der Waals surface area contributed by atoms with Crippen molar-refractivity contribution in [3.63, 3.8) is 0 Å². The lowest BCUT2D eigenvalue weighted by molar-refractivity contribution is 0.0759. The maximum absolute atomic E-state index is 13.3. The Morgan fingerprint density at radius 1 is 1.09 bits per heavy atom. The van der Waals surface area contributed by atoms with E-state index in [-0.39, 0.29) is 5.91 Å². The third-order valence-corrected chi connectivity index (χ3v) is 6.73. The number of carbonyl (C=O) groups excluding carboxylic acids is 1. The number of aromatic nitrogens is 3. The first-order valence-electron chi connectivity index (χ1n) is 12.1. The van der Waals surface area contributed by atoms with E-state index < -0.39 is 0 Å². The van der Waals surface area contributed by atoms with Gasteiger partial charge in [-0.3, -0.25) is 14.9 Å². The third-order valence-electron chi connectivity index (χ3n) is 6.73. The maximum Gasteiger partial charge on any atom is 0.253 e. The summed E-state index contributed by atoms with van der Waals surface area (Å²) >= 11 is 0. The largest absolute Gasteiger partial charge is 0.493 e. The fourth-order valence-corrected chi connectivity index (χ4v) is 4.83. The zero-order valence-corrected chi connectivity index (χ0v) is 19.9. The number of nitrogens with zero attached hydrogens (tertiary/aromatic N) is 3. The molecule has 1 N–H and O–H groups in total. The first kappa shape index (κ1) is 22.9. The predicted octanol–water partition coefficient (Wildman–Crippen LogP) is 5.03. The fourth-order valence-electron chi connectivity index (χ4n) is 4.83. The summed E-state index contributed by atoms with van der Waals surface area (Å²) in [6, 6.07) is 17.4. The van der Waals surface area contributed by atoms with Gasteiger partial charge in [0.15, 0.2) is 11.5 Å². The van der Waals surface area contributed by atoms with Gasteiger partial charge in [0.1, 0.15) is 6.61 Å². The molecule has 0 saturated carbocycles. The average molecular weight is 471 g/mol. The van der Waals surface area contributed by atoms with Crippen LogP contribution in [-0.4, -0.2) is 46.2 Å². The molecule has 3 heterocycles. The summed E-state index contributed by atoms with van der Waals surface area (Å²) in [5, 5.41) is 8.44. The van der Waals surface area contributed by atoms with Crippen LogP contribution in [0.25, 0.3) is 10.9 Å². The molecular weight excluding hydrogens is 440 g/mol. The lowest BCUT2D eigenvalue weighted by Crippen LogP contribution is -2.32. The number of nitrogens with one attached hydrogen (secondary N) is 1. The van der Waals surface area contributed by atoms with Gasteiger partial charge in [0.2, 0.25) is 0 Å². The van der Waals surface area contributed by atoms with Crippen molar-refractivity contribution in [1.82, 2.24) is 20.1 Å². The van der Waals surface area contributed by atoms with Crippen LogP contribution in [0.5, 0.6) is 11.5 Å². The number of fused-ring (bicyclic) bond motifs is 1. The topological polar surface area (TPSA) is 80.3 Å². The second kappa shape index (κ2) is 10.6. The standard InChI is InChI=1S/C28H30N4O3/c1-34-27-17-22(10-11-26(27)35-19-23-8-2-3-13-29-23)28(33)32-14-5-6-20(12-15-32)16-21-7-4-9-25-24(21)18-30-31-25/h2-4,7-11,13,17-18,20H,5-6,12,14-16,19H2,1H3,(H,30,31)/t20-/m0/s1. The van der Waals surface area contributed by atoms with Crippen molar-refractivity contribution in [2.24, 2.45) is 5.92 Å². The van der Waals surface area contributed by atoms with Crippen LogP contribution in [0.15, 0.2) is 67.0 Å². The van der Waals surface area contributed by atoms with E-state index in [4.69, 9.17) is 9.47 Å². The van der Waals surface area contributed by atoms with Gasteiger partial charge in [0, 0.05) is 30.2 Å². The van der Waals surface area contributed by atoms with E-state index in [1.165, 1.54) is 10.9 Å². The Kier molecular flexibility index (Phi) is 6.93. The van der Waals surface area contributed by atoms with Crippen LogP contribution < -0.4 is 9.47 Å². The predicted molar refractivity (Wildman–Crippen MR) is 135 cm³/mol. The van der Waals surface area contributed by atoms with Gasteiger partial charge in [-0.05, 0) is 73.6 Å². The zero-order chi connectivity index (χ0) is 24.0. The summed E-state index contributed by atoms with van der Waals surface area (Å²) < 4.78 is 11.4. The number of carbonyl (C=O) groups is 1. The highest BCUT2D eigenvalue weighted by Crippen LogP contribution is 2.30. The number of rotatable bonds is 7. The Labute approximate surface area is 205 Å². The molecule has 1 atom stereocenters. The van der Waals surface area contributed by atoms with Gasteiger partial charge in [-0.2, -0.15) is 5.10 Å². The van der Waals surface area contributed by atoms with Gasteiger partial charge in [0.25, 0.3) is 5.91 Å². The molecule has 1 amide bonds. The summed E-state index contributed by atoms with van der Waals surface area (Å²) in [4.78, 5) is 19.6. The molecule has 5 rings (SSSR count). The fraction of sp³-hybridized carbons (Fsp3) is 0.321. The molecule has 1 fully saturated rings. The van der Waals surface area contributed by atoms with Crippen molar-refractivity contribution in [1.29, 1.82) is 0 Å². The summed E-state index contributed by atoms with van der Waals surface area (Å²) in [5.41, 5.74) is 3.85. The number of methoxy groups -OCH3 is 1. The molecule has 1 saturated heterocycles. The van der Waals surface area contributed by atoms with E-state index in [1.807, 2.05) is 35.4 Å². The number of H-pyrrole nitrogens is 1. The van der Waals surface area contributed by atoms with Crippen molar-refractivity contribution < 1.29 is 14.3 Å². The first-order chi connectivity index (χ1) is 17.2. The molecule has 2 aromatic carbocycles. The number of pyridine rings is 1. The molecule has 0 spiro atoms. The lowest BCUT2D eigenvalue weighted by Gasteiger charge is -2.21. The number of aromatic amines is 1. The molecule has 0 unspecified atom stereocenters. The minimum absolute atomic E-state index is 0.0390. The van der Waals surface area contributed by atoms with Crippen molar-refractivity contribution in [3.05, 3.63) is 83.8 Å². The lowest BCUT2D eigenvalue weighted by atomic mass is 9.91. The van der Waals surface area contributed by atoms with Crippen LogP contribution >= 0.6 is 0 Å². The Balaban J connectivity index is 1.22. The van der Waals surface area contributed by atoms with Crippen LogP contribution in [0, 0.1) is 5.92 Å². The summed E-state index contributed by atoms with van der Waals surface area (Å²) in [5.74, 6) is 1.73. The molecular formula is C28H30N4O3. The minimum atomic E-state index is 0.0390. The van der Waals surface area contributed by atoms with E-state index in [0.29, 0.717) is 29.6 Å². The van der Waals surface area contributed by atoms with Crippen LogP contribution in [0.3, 0.4) is 0 Å². The van der Waals surface area contributed by atoms with Crippen molar-refractivity contribution in [3.8, 4) is 11.5 Å². The monoisotopic (exact) mass is 470 g/mol. The first-order valence-corrected chi connectivity index (χ1v) is 12.1. The Hall–Kier alpha value is -3.87. The Morgan fingerprint density at radius 2 is 2.03 bits per heavy atom. The third kappa shape index (κ3) is 5.29. The number of hydrogen-bond donors (Lipinski definition) is 1. The van der Waals surface area contributed by atoms with Crippen molar-refractivity contribution in [2.75, 3.05) is 20.2 Å². The molecule has 1 aliphatic heterocycles. The number of amides is 1. The van der Waals surface area contributed by atoms with E-state index >= 15 is 0 Å². The minimum Gasteiger partial charge on any atom is -0.493 e. The SMILES string of the molecule is COc1cc(C(=O)N2CCC[C@H](Cc3cccc4[nH]ncc34)CC2)ccc1OCc1ccccn1. The van der Waals surface area contributed by atoms with Crippen LogP contribution in [0.1, 0.15) is 40.9 Å². The number of hydrogen-bond acceptors (Lipinski definition) is 5. The number of ether oxygens (including phenoxy) is 2. The Morgan fingerprint density at radius 3 is 2.89 bits per heavy atom. The second-order valence-corrected chi connectivity index (χ2v) is 9.02. The molecule has 35 heavy (non-hydrogen) atoms. The molecule has 2 aromatic heterocycles. The number of benzene rings is 2. The molecule has 180 valence electrons. The van der Waals surface area contributed by atoms with Crippen molar-refractivity contribution >= 4 is 16.8 Å². The van der Waals surface area contributed by atoms with Crippen LogP contribution in [-0.2, 0) is 13.0 Å². The molecule has 1 aliphatic rings. The molecule has 0 radical (unpaired) electrons. The maximum atomic E-state index is 13.3. The molecule has 7 nitrogen and oxygen atoms in total. The van der Waals surface area contributed by atoms with E-state index in [1.54, 1.807) is 25.4 Å². The highest BCUT2D eigenvalue weighted by atomic mass is 16.5. The summed E-state index contributed by atoms with van der Waals surface area (Å²) in [7, 11) is 1.59. The molecule has 4 aromatic rings. The van der Waals surface area contributed by atoms with Crippen LogP contribution in [0.4, 0.5) is 0 Å². The zero-order valence-electron chi connectivity index (χ0n) is 19.9. The number of likely N-dealkylation sites (tertiary alicyclic amines) is 1. The van der Waals surface area contributed by atoms with Gasteiger partial charge in [-0.1, -0.05) is 18.2 Å². The molecule has 7 heteroatoms. The second-order valence-electron chi connectivity index (χ2n) is 9.02. The molecule has 0 aliphatic carbocycles.